The highest BCUT2D eigenvalue weighted by atomic mass is 32.2. The van der Waals surface area contributed by atoms with Crippen LogP contribution in [0.1, 0.15) is 32.3 Å². The molecule has 0 saturated heterocycles. The minimum Gasteiger partial charge on any atom is -0.381 e. The summed E-state index contributed by atoms with van der Waals surface area (Å²) in [6.07, 6.45) is 5.03. The van der Waals surface area contributed by atoms with Gasteiger partial charge < -0.3 is 4.74 Å². The molecule has 1 unspecified atom stereocenters. The molecule has 0 saturated carbocycles. The third-order valence-corrected chi connectivity index (χ3v) is 3.77. The van der Waals surface area contributed by atoms with Gasteiger partial charge in [0.15, 0.2) is 16.1 Å². The van der Waals surface area contributed by atoms with Gasteiger partial charge in [0.2, 0.25) is 0 Å². The van der Waals surface area contributed by atoms with Crippen LogP contribution in [0.4, 0.5) is 0 Å². The molecular formula is C15H25O2S+. The molecule has 0 aromatic heterocycles. The molecule has 0 fully saturated rings. The highest BCUT2D eigenvalue weighted by molar-refractivity contribution is 7.90. The van der Waals surface area contributed by atoms with Gasteiger partial charge in [-0.05, 0) is 42.9 Å². The second-order valence-electron chi connectivity index (χ2n) is 5.02. The van der Waals surface area contributed by atoms with Crippen molar-refractivity contribution in [2.45, 2.75) is 38.0 Å². The van der Waals surface area contributed by atoms with Crippen molar-refractivity contribution in [2.24, 2.45) is 5.92 Å². The maximum Gasteiger partial charge on any atom is 0.189 e. The minimum atomic E-state index is -0.636. The summed E-state index contributed by atoms with van der Waals surface area (Å²) in [7, 11) is 0. The first kappa shape index (κ1) is 15.5. The van der Waals surface area contributed by atoms with Crippen LogP contribution < -0.4 is 0 Å². The number of hydrogen-bond acceptors (Lipinski definition) is 2. The van der Waals surface area contributed by atoms with Gasteiger partial charge in [-0.25, -0.2) is 0 Å². The summed E-state index contributed by atoms with van der Waals surface area (Å²) in [4.78, 5) is 1.02. The fourth-order valence-electron chi connectivity index (χ4n) is 1.68. The van der Waals surface area contributed by atoms with Crippen molar-refractivity contribution >= 4 is 11.2 Å². The van der Waals surface area contributed by atoms with Gasteiger partial charge in [-0.3, -0.25) is 0 Å². The van der Waals surface area contributed by atoms with Crippen LogP contribution in [0.25, 0.3) is 0 Å². The maximum atomic E-state index is 9.54. The van der Waals surface area contributed by atoms with Gasteiger partial charge in [-0.2, -0.15) is 4.55 Å². The lowest BCUT2D eigenvalue weighted by Crippen LogP contribution is -2.02. The third-order valence-electron chi connectivity index (χ3n) is 2.83. The van der Waals surface area contributed by atoms with Gasteiger partial charge in [0.25, 0.3) is 0 Å². The molecule has 18 heavy (non-hydrogen) atoms. The van der Waals surface area contributed by atoms with Crippen LogP contribution in [0, 0.1) is 5.92 Å². The molecule has 0 spiro atoms. The number of aryl methyl sites for hydroxylation is 1. The van der Waals surface area contributed by atoms with E-state index in [1.54, 1.807) is 0 Å². The van der Waals surface area contributed by atoms with Gasteiger partial charge in [-0.15, -0.1) is 0 Å². The van der Waals surface area contributed by atoms with Crippen molar-refractivity contribution in [2.75, 3.05) is 19.5 Å². The molecule has 0 radical (unpaired) electrons. The van der Waals surface area contributed by atoms with E-state index in [0.29, 0.717) is 5.92 Å². The Labute approximate surface area is 114 Å². The zero-order chi connectivity index (χ0) is 13.4. The van der Waals surface area contributed by atoms with Gasteiger partial charge in [0, 0.05) is 13.2 Å². The van der Waals surface area contributed by atoms with Crippen molar-refractivity contribution in [1.82, 2.24) is 0 Å². The second-order valence-corrected chi connectivity index (χ2v) is 6.45. The number of ether oxygens (including phenoxy) is 1. The Balaban J connectivity index is 2.21. The van der Waals surface area contributed by atoms with Crippen LogP contribution >= 0.6 is 0 Å². The summed E-state index contributed by atoms with van der Waals surface area (Å²) in [6, 6.07) is 8.21. The Morgan fingerprint density at radius 2 is 2.06 bits per heavy atom. The quantitative estimate of drug-likeness (QED) is 0.575. The van der Waals surface area contributed by atoms with Crippen LogP contribution in [0.2, 0.25) is 0 Å². The van der Waals surface area contributed by atoms with Crippen LogP contribution in [0.5, 0.6) is 0 Å². The minimum absolute atomic E-state index is 0.636. The van der Waals surface area contributed by atoms with Gasteiger partial charge in [-0.1, -0.05) is 26.0 Å². The van der Waals surface area contributed by atoms with E-state index in [0.717, 1.165) is 37.4 Å². The molecule has 1 N–H and O–H groups in total. The highest BCUT2D eigenvalue weighted by Crippen LogP contribution is 2.12. The average molecular weight is 269 g/mol. The predicted molar refractivity (Wildman–Crippen MR) is 79.2 cm³/mol. The zero-order valence-corrected chi connectivity index (χ0v) is 12.5. The Hall–Kier alpha value is -0.510. The number of rotatable bonds is 8. The molecule has 2 nitrogen and oxygen atoms in total. The predicted octanol–water partition coefficient (Wildman–Crippen LogP) is 3.76. The Morgan fingerprint density at radius 3 is 2.72 bits per heavy atom. The fourth-order valence-corrected chi connectivity index (χ4v) is 2.28. The van der Waals surface area contributed by atoms with Crippen molar-refractivity contribution in [3.05, 3.63) is 29.8 Å². The molecule has 1 rings (SSSR count). The van der Waals surface area contributed by atoms with E-state index in [2.05, 4.69) is 26.0 Å². The monoisotopic (exact) mass is 269 g/mol. The first-order valence-electron chi connectivity index (χ1n) is 6.61. The van der Waals surface area contributed by atoms with Crippen molar-refractivity contribution in [3.8, 4) is 0 Å². The smallest absolute Gasteiger partial charge is 0.189 e. The first-order valence-corrected chi connectivity index (χ1v) is 8.20. The first-order chi connectivity index (χ1) is 8.59. The number of hydrogen-bond donors (Lipinski definition) is 1. The summed E-state index contributed by atoms with van der Waals surface area (Å²) in [6.45, 7) is 6.12. The molecule has 1 atom stereocenters. The Morgan fingerprint density at radius 1 is 1.28 bits per heavy atom. The summed E-state index contributed by atoms with van der Waals surface area (Å²) in [5.41, 5.74) is 1.29. The van der Waals surface area contributed by atoms with Gasteiger partial charge in [0.1, 0.15) is 6.26 Å². The van der Waals surface area contributed by atoms with E-state index in [4.69, 9.17) is 4.74 Å². The molecule has 102 valence electrons. The van der Waals surface area contributed by atoms with Crippen LogP contribution in [0.15, 0.2) is 29.2 Å². The normalized spacial score (nSPS) is 12.9. The van der Waals surface area contributed by atoms with Crippen molar-refractivity contribution in [3.63, 3.8) is 0 Å². The largest absolute Gasteiger partial charge is 0.381 e. The molecule has 1 aromatic carbocycles. The van der Waals surface area contributed by atoms with E-state index in [-0.39, 0.29) is 0 Å². The van der Waals surface area contributed by atoms with Gasteiger partial charge in [0.05, 0.1) is 0 Å². The van der Waals surface area contributed by atoms with Crippen LogP contribution in [0.3, 0.4) is 0 Å². The second kappa shape index (κ2) is 8.57. The molecule has 0 amide bonds. The average Bonchev–Trinajstić information content (AvgIpc) is 2.33. The summed E-state index contributed by atoms with van der Waals surface area (Å²) < 4.78 is 15.1. The third kappa shape index (κ3) is 6.43. The lowest BCUT2D eigenvalue weighted by Gasteiger charge is -2.06. The summed E-state index contributed by atoms with van der Waals surface area (Å²) in [5.74, 6) is 0.716. The summed E-state index contributed by atoms with van der Waals surface area (Å²) >= 11 is -0.636. The van der Waals surface area contributed by atoms with Crippen LogP contribution in [-0.4, -0.2) is 24.0 Å². The molecule has 0 aliphatic rings. The molecule has 3 heteroatoms. The molecule has 0 aliphatic carbocycles. The summed E-state index contributed by atoms with van der Waals surface area (Å²) in [5, 5.41) is 0. The Bertz CT molecular complexity index is 337. The van der Waals surface area contributed by atoms with E-state index in [9.17, 15) is 4.55 Å². The van der Waals surface area contributed by atoms with E-state index in [1.807, 2.05) is 18.4 Å². The van der Waals surface area contributed by atoms with E-state index >= 15 is 0 Å². The molecule has 0 aliphatic heterocycles. The van der Waals surface area contributed by atoms with Crippen molar-refractivity contribution < 1.29 is 9.29 Å². The topological polar surface area (TPSA) is 29.5 Å². The maximum absolute atomic E-state index is 9.54. The van der Waals surface area contributed by atoms with Gasteiger partial charge >= 0.3 is 0 Å². The van der Waals surface area contributed by atoms with Crippen LogP contribution in [-0.2, 0) is 22.3 Å². The highest BCUT2D eigenvalue weighted by Gasteiger charge is 2.11. The lowest BCUT2D eigenvalue weighted by molar-refractivity contribution is 0.121. The van der Waals surface area contributed by atoms with Crippen molar-refractivity contribution in [1.29, 1.82) is 0 Å². The fraction of sp³-hybridized carbons (Fsp3) is 0.600. The van der Waals surface area contributed by atoms with E-state index in [1.165, 1.54) is 5.56 Å². The number of benzene rings is 1. The standard InChI is InChI=1S/C15H25O2S/c1-13(2)9-11-17-10-5-7-14-6-4-8-15(12-14)18(3)16/h4,6,8,12-13,16H,5,7,9-11H2,1-3H3/q+1. The van der Waals surface area contributed by atoms with E-state index < -0.39 is 11.2 Å². The molecule has 0 bridgehead atoms. The molecule has 1 aromatic rings. The zero-order valence-electron chi connectivity index (χ0n) is 11.7. The Kier molecular flexibility index (Phi) is 7.40. The lowest BCUT2D eigenvalue weighted by atomic mass is 10.1. The molecule has 0 heterocycles. The SMILES string of the molecule is CC(C)CCOCCCc1cccc([S+](C)O)c1. The molecular weight excluding hydrogens is 244 g/mol.